The number of aromatic nitrogens is 1. The third-order valence-corrected chi connectivity index (χ3v) is 5.06. The Hall–Kier alpha value is -2.12. The summed E-state index contributed by atoms with van der Waals surface area (Å²) >= 11 is 1.49. The van der Waals surface area contributed by atoms with E-state index in [-0.39, 0.29) is 5.76 Å². The Morgan fingerprint density at radius 1 is 1.32 bits per heavy atom. The second-order valence-electron chi connectivity index (χ2n) is 5.76. The summed E-state index contributed by atoms with van der Waals surface area (Å²) in [5.74, 6) is -0.280. The van der Waals surface area contributed by atoms with Crippen LogP contribution in [0.5, 0.6) is 0 Å². The molecule has 2 heterocycles. The van der Waals surface area contributed by atoms with Gasteiger partial charge in [0.2, 0.25) is 5.76 Å². The van der Waals surface area contributed by atoms with E-state index in [1.807, 2.05) is 11.5 Å². The highest BCUT2D eigenvalue weighted by Gasteiger charge is 2.16. The molecule has 0 spiro atoms. The lowest BCUT2D eigenvalue weighted by Crippen LogP contribution is -2.21. The summed E-state index contributed by atoms with van der Waals surface area (Å²) in [6.07, 6.45) is 1.33. The second kappa shape index (κ2) is 7.84. The van der Waals surface area contributed by atoms with Crippen LogP contribution in [0.1, 0.15) is 18.1 Å². The van der Waals surface area contributed by atoms with Crippen molar-refractivity contribution in [3.05, 3.63) is 40.1 Å². The average Bonchev–Trinajstić information content (AvgIpc) is 2.93. The molecule has 7 heteroatoms. The van der Waals surface area contributed by atoms with Crippen LogP contribution in [-0.2, 0) is 25.5 Å². The smallest absolute Gasteiger partial charge is 0.317 e. The predicted molar refractivity (Wildman–Crippen MR) is 96.3 cm³/mol. The first-order chi connectivity index (χ1) is 12.1. The summed E-state index contributed by atoms with van der Waals surface area (Å²) in [7, 11) is 0. The monoisotopic (exact) mass is 362 g/mol. The molecule has 1 aliphatic heterocycles. The molecule has 0 atom stereocenters. The minimum absolute atomic E-state index is 0.146. The van der Waals surface area contributed by atoms with Crippen molar-refractivity contribution in [1.29, 1.82) is 0 Å². The van der Waals surface area contributed by atoms with E-state index in [4.69, 9.17) is 14.2 Å². The fourth-order valence-corrected chi connectivity index (χ4v) is 3.68. The van der Waals surface area contributed by atoms with Gasteiger partial charge in [0.1, 0.15) is 19.5 Å². The van der Waals surface area contributed by atoms with Crippen molar-refractivity contribution >= 4 is 27.5 Å². The molecule has 0 N–H and O–H groups in total. The molecule has 0 unspecified atom stereocenters. The Morgan fingerprint density at radius 2 is 2.12 bits per heavy atom. The third kappa shape index (κ3) is 3.93. The maximum atomic E-state index is 12.4. The fourth-order valence-electron chi connectivity index (χ4n) is 2.55. The number of thiazole rings is 1. The number of carbonyl (C=O) groups excluding carboxylic acids is 1. The molecule has 0 radical (unpaired) electrons. The largest absolute Gasteiger partial charge is 0.494 e. The van der Waals surface area contributed by atoms with Gasteiger partial charge in [0.15, 0.2) is 4.80 Å². The van der Waals surface area contributed by atoms with Crippen molar-refractivity contribution < 1.29 is 19.0 Å². The minimum atomic E-state index is -0.426. The van der Waals surface area contributed by atoms with Crippen LogP contribution in [0.4, 0.5) is 0 Å². The summed E-state index contributed by atoms with van der Waals surface area (Å²) in [6.45, 7) is 8.81. The van der Waals surface area contributed by atoms with E-state index in [1.54, 1.807) is 0 Å². The van der Waals surface area contributed by atoms with E-state index in [9.17, 15) is 4.79 Å². The average molecular weight is 362 g/mol. The molecular formula is C18H22N2O4S. The molecular weight excluding hydrogens is 340 g/mol. The van der Waals surface area contributed by atoms with Crippen LogP contribution in [0.2, 0.25) is 0 Å². The van der Waals surface area contributed by atoms with Crippen LogP contribution in [0.3, 0.4) is 0 Å². The first kappa shape index (κ1) is 17.7. The zero-order chi connectivity index (χ0) is 17.8. The quantitative estimate of drug-likeness (QED) is 0.767. The van der Waals surface area contributed by atoms with E-state index in [0.717, 1.165) is 10.2 Å². The van der Waals surface area contributed by atoms with Gasteiger partial charge in [-0.25, -0.2) is 0 Å². The Kier molecular flexibility index (Phi) is 5.55. The molecule has 25 heavy (non-hydrogen) atoms. The van der Waals surface area contributed by atoms with Gasteiger partial charge in [0.25, 0.3) is 0 Å². The van der Waals surface area contributed by atoms with E-state index >= 15 is 0 Å². The second-order valence-corrected chi connectivity index (χ2v) is 6.76. The van der Waals surface area contributed by atoms with Crippen molar-refractivity contribution in [1.82, 2.24) is 4.57 Å². The van der Waals surface area contributed by atoms with Crippen LogP contribution in [0.25, 0.3) is 10.2 Å². The number of fused-ring (bicyclic) bond motifs is 1. The Labute approximate surface area is 150 Å². The number of aryl methyl sites for hydroxylation is 2. The number of ether oxygens (including phenoxy) is 3. The van der Waals surface area contributed by atoms with Crippen LogP contribution in [0.15, 0.2) is 29.1 Å². The van der Waals surface area contributed by atoms with Crippen LogP contribution in [0, 0.1) is 13.8 Å². The maximum Gasteiger partial charge on any atom is 0.317 e. The first-order valence-corrected chi connectivity index (χ1v) is 9.13. The first-order valence-electron chi connectivity index (χ1n) is 8.32. The number of carbonyl (C=O) groups is 1. The molecule has 0 bridgehead atoms. The minimum Gasteiger partial charge on any atom is -0.494 e. The molecule has 134 valence electrons. The van der Waals surface area contributed by atoms with Gasteiger partial charge < -0.3 is 18.8 Å². The molecule has 3 rings (SSSR count). The Morgan fingerprint density at radius 3 is 2.84 bits per heavy atom. The van der Waals surface area contributed by atoms with Gasteiger partial charge in [0, 0.05) is 13.2 Å². The summed E-state index contributed by atoms with van der Waals surface area (Å²) in [6, 6.07) is 4.27. The van der Waals surface area contributed by atoms with Gasteiger partial charge >= 0.3 is 5.91 Å². The van der Waals surface area contributed by atoms with E-state index in [2.05, 4.69) is 31.0 Å². The van der Waals surface area contributed by atoms with Crippen molar-refractivity contribution in [2.24, 2.45) is 4.99 Å². The number of nitrogens with zero attached hydrogens (tertiary/aromatic N) is 2. The molecule has 1 amide bonds. The number of rotatable bonds is 5. The highest BCUT2D eigenvalue weighted by atomic mass is 32.1. The van der Waals surface area contributed by atoms with Crippen LogP contribution < -0.4 is 4.80 Å². The zero-order valence-corrected chi connectivity index (χ0v) is 15.5. The molecule has 0 saturated heterocycles. The standard InChI is InChI=1S/C18H22N2O4S/c1-4-22-6-5-20-14-9-12(2)13(3)10-16(14)25-18(20)19-17(21)15-11-23-7-8-24-15/h9-11H,4-8H2,1-3H3. The molecule has 0 fully saturated rings. The van der Waals surface area contributed by atoms with Gasteiger partial charge in [-0.15, -0.1) is 0 Å². The van der Waals surface area contributed by atoms with Crippen molar-refractivity contribution in [2.75, 3.05) is 26.4 Å². The summed E-state index contributed by atoms with van der Waals surface area (Å²) in [4.78, 5) is 17.3. The lowest BCUT2D eigenvalue weighted by Gasteiger charge is -2.12. The summed E-state index contributed by atoms with van der Waals surface area (Å²) in [5.41, 5.74) is 3.49. The van der Waals surface area contributed by atoms with Crippen LogP contribution in [-0.4, -0.2) is 36.9 Å². The van der Waals surface area contributed by atoms with Gasteiger partial charge in [-0.05, 0) is 44.0 Å². The lowest BCUT2D eigenvalue weighted by molar-refractivity contribution is -0.119. The number of benzene rings is 1. The Balaban J connectivity index is 2.05. The lowest BCUT2D eigenvalue weighted by atomic mass is 10.1. The van der Waals surface area contributed by atoms with Crippen LogP contribution >= 0.6 is 11.3 Å². The molecule has 0 aliphatic carbocycles. The normalized spacial score (nSPS) is 15.0. The fraction of sp³-hybridized carbons (Fsp3) is 0.444. The summed E-state index contributed by atoms with van der Waals surface area (Å²) in [5, 5.41) is 0. The molecule has 0 saturated carbocycles. The van der Waals surface area contributed by atoms with Crippen molar-refractivity contribution in [3.63, 3.8) is 0 Å². The topological polar surface area (TPSA) is 62.1 Å². The van der Waals surface area contributed by atoms with Gasteiger partial charge in [-0.3, -0.25) is 4.79 Å². The zero-order valence-electron chi connectivity index (χ0n) is 14.7. The number of hydrogen-bond donors (Lipinski definition) is 0. The van der Waals surface area contributed by atoms with E-state index in [1.165, 1.54) is 28.7 Å². The third-order valence-electron chi connectivity index (χ3n) is 4.02. The van der Waals surface area contributed by atoms with Gasteiger partial charge in [0.05, 0.1) is 16.8 Å². The maximum absolute atomic E-state index is 12.4. The molecule has 2 aromatic rings. The van der Waals surface area contributed by atoms with Gasteiger partial charge in [-0.2, -0.15) is 4.99 Å². The van der Waals surface area contributed by atoms with Crippen molar-refractivity contribution in [2.45, 2.75) is 27.3 Å². The van der Waals surface area contributed by atoms with E-state index < -0.39 is 5.91 Å². The molecule has 1 aliphatic rings. The van der Waals surface area contributed by atoms with E-state index in [0.29, 0.717) is 37.8 Å². The molecule has 1 aromatic heterocycles. The SMILES string of the molecule is CCOCCn1c(=NC(=O)C2=COCCO2)sc2cc(C)c(C)cc21. The highest BCUT2D eigenvalue weighted by molar-refractivity contribution is 7.16. The predicted octanol–water partition coefficient (Wildman–Crippen LogP) is 2.67. The molecule has 6 nitrogen and oxygen atoms in total. The molecule has 1 aromatic carbocycles. The summed E-state index contributed by atoms with van der Waals surface area (Å²) < 4.78 is 19.1. The number of hydrogen-bond acceptors (Lipinski definition) is 5. The van der Waals surface area contributed by atoms with Gasteiger partial charge in [-0.1, -0.05) is 11.3 Å². The number of amides is 1. The van der Waals surface area contributed by atoms with Crippen molar-refractivity contribution in [3.8, 4) is 0 Å². The Bertz CT molecular complexity index is 879. The highest BCUT2D eigenvalue weighted by Crippen LogP contribution is 2.22.